The summed E-state index contributed by atoms with van der Waals surface area (Å²) in [7, 11) is 0. The number of aliphatic imine (C=N–C) groups is 1. The van der Waals surface area contributed by atoms with Crippen LogP contribution in [0.15, 0.2) is 58.4 Å². The summed E-state index contributed by atoms with van der Waals surface area (Å²) in [5.41, 5.74) is 2.31. The first-order chi connectivity index (χ1) is 9.72. The Kier molecular flexibility index (Phi) is 4.16. The van der Waals surface area contributed by atoms with E-state index < -0.39 is 0 Å². The molecular formula is C15H14IN3S. The lowest BCUT2D eigenvalue weighted by molar-refractivity contribution is 0.815. The van der Waals surface area contributed by atoms with Gasteiger partial charge in [0.25, 0.3) is 0 Å². The van der Waals surface area contributed by atoms with Crippen molar-refractivity contribution in [2.24, 2.45) is 4.99 Å². The largest absolute Gasteiger partial charge is 0.325 e. The second kappa shape index (κ2) is 6.05. The molecule has 1 atom stereocenters. The number of anilines is 1. The monoisotopic (exact) mass is 395 g/mol. The van der Waals surface area contributed by atoms with Gasteiger partial charge in [-0.1, -0.05) is 30.3 Å². The van der Waals surface area contributed by atoms with Crippen molar-refractivity contribution in [1.82, 2.24) is 4.72 Å². The van der Waals surface area contributed by atoms with Crippen molar-refractivity contribution < 1.29 is 0 Å². The van der Waals surface area contributed by atoms with Gasteiger partial charge in [0.2, 0.25) is 5.96 Å². The molecule has 102 valence electrons. The van der Waals surface area contributed by atoms with E-state index in [0.717, 1.165) is 11.6 Å². The van der Waals surface area contributed by atoms with E-state index in [1.165, 1.54) is 14.0 Å². The minimum atomic E-state index is 0.122. The molecule has 20 heavy (non-hydrogen) atoms. The van der Waals surface area contributed by atoms with Gasteiger partial charge in [0.15, 0.2) is 0 Å². The van der Waals surface area contributed by atoms with Gasteiger partial charge in [0.1, 0.15) is 0 Å². The summed E-state index contributed by atoms with van der Waals surface area (Å²) in [5.74, 6) is 0.806. The summed E-state index contributed by atoms with van der Waals surface area (Å²) >= 11 is 3.92. The standard InChI is InChI=1S/C15H14IN3S/c1-10(11-5-3-2-4-6-11)17-15-18-13-8-7-12(16)9-14(13)20-19-15/h2-10H,1H3,(H2,17,18,19)/t10-/m1/s1. The molecule has 0 aromatic heterocycles. The molecule has 3 nitrogen and oxygen atoms in total. The van der Waals surface area contributed by atoms with E-state index in [1.54, 1.807) is 11.9 Å². The molecule has 3 rings (SSSR count). The molecule has 1 aliphatic heterocycles. The van der Waals surface area contributed by atoms with Crippen molar-refractivity contribution in [3.8, 4) is 0 Å². The van der Waals surface area contributed by atoms with Gasteiger partial charge in [-0.2, -0.15) is 0 Å². The van der Waals surface area contributed by atoms with Crippen LogP contribution in [0, 0.1) is 3.57 Å². The summed E-state index contributed by atoms with van der Waals surface area (Å²) in [6, 6.07) is 16.8. The quantitative estimate of drug-likeness (QED) is 0.584. The maximum absolute atomic E-state index is 4.70. The molecule has 0 spiro atoms. The molecule has 0 saturated heterocycles. The third kappa shape index (κ3) is 3.09. The normalized spacial score (nSPS) is 17.0. The minimum absolute atomic E-state index is 0.122. The summed E-state index contributed by atoms with van der Waals surface area (Å²) in [6.07, 6.45) is 0. The Morgan fingerprint density at radius 2 is 1.95 bits per heavy atom. The number of hydrogen-bond donors (Lipinski definition) is 2. The molecule has 5 heteroatoms. The first kappa shape index (κ1) is 13.8. The number of fused-ring (bicyclic) bond motifs is 1. The van der Waals surface area contributed by atoms with Gasteiger partial charge in [-0.05, 0) is 65.2 Å². The van der Waals surface area contributed by atoms with Gasteiger partial charge in [-0.3, -0.25) is 4.72 Å². The van der Waals surface area contributed by atoms with E-state index in [-0.39, 0.29) is 6.04 Å². The number of hydrogen-bond acceptors (Lipinski definition) is 2. The van der Waals surface area contributed by atoms with Crippen LogP contribution in [-0.4, -0.2) is 5.96 Å². The molecule has 0 radical (unpaired) electrons. The predicted molar refractivity (Wildman–Crippen MR) is 94.1 cm³/mol. The Balaban J connectivity index is 1.80. The lowest BCUT2D eigenvalue weighted by atomic mass is 10.1. The molecule has 0 unspecified atom stereocenters. The lowest BCUT2D eigenvalue weighted by Gasteiger charge is -2.21. The van der Waals surface area contributed by atoms with Gasteiger partial charge in [-0.15, -0.1) is 0 Å². The van der Waals surface area contributed by atoms with Crippen LogP contribution >= 0.6 is 34.5 Å². The SMILES string of the molecule is C[C@@H](N=C1NSc2cc(I)ccc2N1)c1ccccc1. The second-order valence-corrected chi connectivity index (χ2v) is 6.63. The van der Waals surface area contributed by atoms with Crippen molar-refractivity contribution in [3.63, 3.8) is 0 Å². The highest BCUT2D eigenvalue weighted by molar-refractivity contribution is 14.1. The van der Waals surface area contributed by atoms with E-state index in [1.807, 2.05) is 18.2 Å². The van der Waals surface area contributed by atoms with E-state index in [9.17, 15) is 0 Å². The Labute approximate surface area is 136 Å². The third-order valence-corrected chi connectivity index (χ3v) is 4.58. The topological polar surface area (TPSA) is 36.4 Å². The first-order valence-corrected chi connectivity index (χ1v) is 8.24. The van der Waals surface area contributed by atoms with Crippen LogP contribution in [0.4, 0.5) is 5.69 Å². The van der Waals surface area contributed by atoms with E-state index >= 15 is 0 Å². The van der Waals surface area contributed by atoms with Crippen LogP contribution in [0.2, 0.25) is 0 Å². The van der Waals surface area contributed by atoms with Crippen LogP contribution in [0.3, 0.4) is 0 Å². The van der Waals surface area contributed by atoms with Gasteiger partial charge in [-0.25, -0.2) is 4.99 Å². The van der Waals surface area contributed by atoms with Crippen LogP contribution in [0.5, 0.6) is 0 Å². The van der Waals surface area contributed by atoms with Crippen molar-refractivity contribution in [1.29, 1.82) is 0 Å². The molecule has 0 amide bonds. The van der Waals surface area contributed by atoms with Gasteiger partial charge in [0, 0.05) is 3.57 Å². The van der Waals surface area contributed by atoms with Crippen molar-refractivity contribution in [2.75, 3.05) is 5.32 Å². The van der Waals surface area contributed by atoms with Crippen LogP contribution < -0.4 is 10.0 Å². The van der Waals surface area contributed by atoms with Gasteiger partial charge >= 0.3 is 0 Å². The fourth-order valence-electron chi connectivity index (χ4n) is 2.00. The maximum Gasteiger partial charge on any atom is 0.206 e. The Morgan fingerprint density at radius 3 is 2.75 bits per heavy atom. The Bertz CT molecular complexity index is 643. The molecule has 1 aliphatic rings. The van der Waals surface area contributed by atoms with E-state index in [4.69, 9.17) is 4.99 Å². The van der Waals surface area contributed by atoms with Crippen LogP contribution in [-0.2, 0) is 0 Å². The molecule has 0 saturated carbocycles. The highest BCUT2D eigenvalue weighted by atomic mass is 127. The Morgan fingerprint density at radius 1 is 1.15 bits per heavy atom. The summed E-state index contributed by atoms with van der Waals surface area (Å²) < 4.78 is 4.49. The zero-order valence-corrected chi connectivity index (χ0v) is 13.9. The van der Waals surface area contributed by atoms with Crippen molar-refractivity contribution in [2.45, 2.75) is 17.9 Å². The maximum atomic E-state index is 4.70. The number of rotatable bonds is 2. The average Bonchev–Trinajstić information content (AvgIpc) is 2.48. The molecule has 0 fully saturated rings. The number of benzene rings is 2. The Hall–Kier alpha value is -1.21. The average molecular weight is 395 g/mol. The molecule has 2 N–H and O–H groups in total. The highest BCUT2D eigenvalue weighted by Gasteiger charge is 2.15. The van der Waals surface area contributed by atoms with Gasteiger partial charge < -0.3 is 5.32 Å². The zero-order chi connectivity index (χ0) is 13.9. The van der Waals surface area contributed by atoms with Crippen molar-refractivity contribution >= 4 is 46.2 Å². The lowest BCUT2D eigenvalue weighted by Crippen LogP contribution is -2.29. The third-order valence-electron chi connectivity index (χ3n) is 3.06. The highest BCUT2D eigenvalue weighted by Crippen LogP contribution is 2.30. The van der Waals surface area contributed by atoms with Gasteiger partial charge in [0.05, 0.1) is 16.6 Å². The molecule has 0 bridgehead atoms. The number of guanidine groups is 1. The predicted octanol–water partition coefficient (Wildman–Crippen LogP) is 4.43. The van der Waals surface area contributed by atoms with Crippen LogP contribution in [0.25, 0.3) is 0 Å². The summed E-state index contributed by atoms with van der Waals surface area (Å²) in [5, 5.41) is 3.34. The fourth-order valence-corrected chi connectivity index (χ4v) is 3.43. The smallest absolute Gasteiger partial charge is 0.206 e. The molecule has 1 heterocycles. The number of nitrogens with one attached hydrogen (secondary N) is 2. The van der Waals surface area contributed by atoms with E-state index in [2.05, 4.69) is 69.9 Å². The summed E-state index contributed by atoms with van der Waals surface area (Å²) in [6.45, 7) is 2.10. The molecule has 0 aliphatic carbocycles. The number of halogens is 1. The fraction of sp³-hybridized carbons (Fsp3) is 0.133. The van der Waals surface area contributed by atoms with E-state index in [0.29, 0.717) is 0 Å². The van der Waals surface area contributed by atoms with Crippen molar-refractivity contribution in [3.05, 3.63) is 57.7 Å². The minimum Gasteiger partial charge on any atom is -0.325 e. The van der Waals surface area contributed by atoms with Crippen LogP contribution in [0.1, 0.15) is 18.5 Å². The molecule has 2 aromatic carbocycles. The second-order valence-electron chi connectivity index (χ2n) is 4.53. The zero-order valence-electron chi connectivity index (χ0n) is 10.9. The molecular weight excluding hydrogens is 381 g/mol. The number of nitrogens with zero attached hydrogens (tertiary/aromatic N) is 1. The summed E-state index contributed by atoms with van der Waals surface area (Å²) in [4.78, 5) is 5.90. The molecule has 2 aromatic rings. The first-order valence-electron chi connectivity index (χ1n) is 6.34.